The average molecular weight is 756 g/mol. The SMILES string of the molecule is [B]c1c([B])c([B])c(-c2nc(-c3cccc4c3oc3ccccc34)nc(N3c4cccc5c4C4(CCC5c5ccccc54)c4c3ccc3c4oc4ccccc43)n2)c([B])c1[B]. The lowest BCUT2D eigenvalue weighted by atomic mass is 9.51. The number of fused-ring (bicyclic) bond motifs is 9. The Balaban J connectivity index is 1.17. The first-order chi connectivity index (χ1) is 29.3. The van der Waals surface area contributed by atoms with Crippen LogP contribution in [0.5, 0.6) is 0 Å². The third kappa shape index (κ3) is 4.22. The highest BCUT2D eigenvalue weighted by Gasteiger charge is 2.56. The number of hydrogen-bond donors (Lipinski definition) is 0. The van der Waals surface area contributed by atoms with Crippen LogP contribution in [-0.4, -0.2) is 54.2 Å². The Hall–Kier alpha value is -6.73. The fourth-order valence-corrected chi connectivity index (χ4v) is 10.7. The van der Waals surface area contributed by atoms with Crippen molar-refractivity contribution in [1.82, 2.24) is 15.0 Å². The summed E-state index contributed by atoms with van der Waals surface area (Å²) in [6, 6.07) is 42.0. The molecule has 7 aromatic carbocycles. The topological polar surface area (TPSA) is 68.2 Å². The first kappa shape index (κ1) is 34.2. The van der Waals surface area contributed by atoms with Gasteiger partial charge in [-0.2, -0.15) is 9.97 Å². The maximum absolute atomic E-state index is 6.97. The molecular formula is C49H25B5N4O2. The molecule has 0 saturated heterocycles. The van der Waals surface area contributed by atoms with Gasteiger partial charge in [-0.05, 0) is 71.5 Å². The molecule has 0 saturated carbocycles. The van der Waals surface area contributed by atoms with Gasteiger partial charge in [-0.1, -0.05) is 95.9 Å². The summed E-state index contributed by atoms with van der Waals surface area (Å²) in [4.78, 5) is 17.9. The Morgan fingerprint density at radius 3 is 1.90 bits per heavy atom. The van der Waals surface area contributed by atoms with E-state index < -0.39 is 5.41 Å². The highest BCUT2D eigenvalue weighted by molar-refractivity contribution is 6.68. The first-order valence-electron chi connectivity index (χ1n) is 20.0. The van der Waals surface area contributed by atoms with Gasteiger partial charge < -0.3 is 8.83 Å². The van der Waals surface area contributed by atoms with Crippen molar-refractivity contribution < 1.29 is 8.83 Å². The summed E-state index contributed by atoms with van der Waals surface area (Å²) >= 11 is 0. The van der Waals surface area contributed by atoms with Crippen molar-refractivity contribution in [2.75, 3.05) is 4.90 Å². The minimum absolute atomic E-state index is 0.101. The quantitative estimate of drug-likeness (QED) is 0.197. The molecule has 3 aromatic heterocycles. The maximum Gasteiger partial charge on any atom is 0.238 e. The molecule has 0 amide bonds. The number of para-hydroxylation sites is 3. The minimum Gasteiger partial charge on any atom is -0.456 e. The predicted octanol–water partition coefficient (Wildman–Crippen LogP) is 6.33. The van der Waals surface area contributed by atoms with Crippen LogP contribution in [0.15, 0.2) is 130 Å². The zero-order valence-electron chi connectivity index (χ0n) is 32.0. The highest BCUT2D eigenvalue weighted by Crippen LogP contribution is 2.67. The lowest BCUT2D eigenvalue weighted by molar-refractivity contribution is 0.423. The van der Waals surface area contributed by atoms with Gasteiger partial charge >= 0.3 is 0 Å². The molecule has 1 aliphatic heterocycles. The molecular weight excluding hydrogens is 731 g/mol. The molecule has 1 spiro atoms. The molecule has 4 heterocycles. The Morgan fingerprint density at radius 2 is 1.12 bits per heavy atom. The Morgan fingerprint density at radius 1 is 0.517 bits per heavy atom. The van der Waals surface area contributed by atoms with Gasteiger partial charge in [-0.3, -0.25) is 4.90 Å². The third-order valence-corrected chi connectivity index (χ3v) is 13.3. The van der Waals surface area contributed by atoms with Gasteiger partial charge in [-0.15, -0.1) is 16.4 Å². The summed E-state index contributed by atoms with van der Waals surface area (Å²) in [5.41, 5.74) is 12.1. The second-order valence-electron chi connectivity index (χ2n) is 16.1. The number of benzene rings is 7. The second kappa shape index (κ2) is 11.9. The molecule has 2 unspecified atom stereocenters. The van der Waals surface area contributed by atoms with Crippen molar-refractivity contribution in [3.63, 3.8) is 0 Å². The number of aromatic nitrogens is 3. The van der Waals surface area contributed by atoms with Crippen LogP contribution in [0.3, 0.4) is 0 Å². The van der Waals surface area contributed by atoms with Crippen LogP contribution in [0.2, 0.25) is 0 Å². The van der Waals surface area contributed by atoms with Gasteiger partial charge in [0.25, 0.3) is 0 Å². The van der Waals surface area contributed by atoms with E-state index in [4.69, 9.17) is 63.0 Å². The number of nitrogens with zero attached hydrogens (tertiary/aromatic N) is 4. The van der Waals surface area contributed by atoms with Crippen LogP contribution >= 0.6 is 0 Å². The van der Waals surface area contributed by atoms with Crippen LogP contribution in [0, 0.1) is 0 Å². The molecule has 10 aromatic rings. The minimum atomic E-state index is -0.510. The normalized spacial score (nSPS) is 17.4. The van der Waals surface area contributed by atoms with Crippen LogP contribution in [0.4, 0.5) is 17.3 Å². The lowest BCUT2D eigenvalue weighted by Crippen LogP contribution is -2.55. The summed E-state index contributed by atoms with van der Waals surface area (Å²) in [6.45, 7) is 0. The van der Waals surface area contributed by atoms with E-state index in [9.17, 15) is 0 Å². The van der Waals surface area contributed by atoms with E-state index >= 15 is 0 Å². The molecule has 4 aliphatic rings. The van der Waals surface area contributed by atoms with Gasteiger partial charge in [0.15, 0.2) is 11.6 Å². The zero-order chi connectivity index (χ0) is 40.2. The van der Waals surface area contributed by atoms with Crippen molar-refractivity contribution in [3.8, 4) is 22.8 Å². The number of furan rings is 2. The Kier molecular flexibility index (Phi) is 6.80. The molecule has 60 heavy (non-hydrogen) atoms. The molecule has 2 atom stereocenters. The van der Waals surface area contributed by atoms with E-state index in [1.807, 2.05) is 54.6 Å². The average Bonchev–Trinajstić information content (AvgIpc) is 3.87. The van der Waals surface area contributed by atoms with Gasteiger partial charge in [0, 0.05) is 38.6 Å². The summed E-state index contributed by atoms with van der Waals surface area (Å²) in [5, 5.41) is 4.01. The lowest BCUT2D eigenvalue weighted by Gasteiger charge is -2.54. The molecule has 6 nitrogen and oxygen atoms in total. The second-order valence-corrected chi connectivity index (χ2v) is 16.1. The summed E-state index contributed by atoms with van der Waals surface area (Å²) in [7, 11) is 32.8. The summed E-state index contributed by atoms with van der Waals surface area (Å²) in [6.07, 6.45) is 1.91. The van der Waals surface area contributed by atoms with Crippen LogP contribution in [-0.2, 0) is 5.41 Å². The predicted molar refractivity (Wildman–Crippen MR) is 244 cm³/mol. The van der Waals surface area contributed by atoms with Crippen molar-refractivity contribution in [1.29, 1.82) is 0 Å². The molecule has 3 aliphatic carbocycles. The Bertz CT molecular complexity index is 3530. The first-order valence-corrected chi connectivity index (χ1v) is 20.0. The Labute approximate surface area is 351 Å². The van der Waals surface area contributed by atoms with E-state index in [0.29, 0.717) is 22.9 Å². The van der Waals surface area contributed by atoms with Gasteiger partial charge in [0.05, 0.1) is 22.4 Å². The number of hydrogen-bond acceptors (Lipinski definition) is 6. The van der Waals surface area contributed by atoms with Crippen LogP contribution in [0.25, 0.3) is 66.7 Å². The molecule has 268 valence electrons. The number of rotatable bonds is 3. The van der Waals surface area contributed by atoms with Crippen molar-refractivity contribution >= 4 is 128 Å². The molecule has 10 radical (unpaired) electrons. The van der Waals surface area contributed by atoms with E-state index in [2.05, 4.69) is 71.6 Å². The van der Waals surface area contributed by atoms with Gasteiger partial charge in [0.1, 0.15) is 61.6 Å². The molecule has 0 N–H and O–H groups in total. The largest absolute Gasteiger partial charge is 0.456 e. The van der Waals surface area contributed by atoms with Crippen molar-refractivity contribution in [2.24, 2.45) is 0 Å². The smallest absolute Gasteiger partial charge is 0.238 e. The molecule has 14 rings (SSSR count). The monoisotopic (exact) mass is 756 g/mol. The highest BCUT2D eigenvalue weighted by atomic mass is 16.3. The van der Waals surface area contributed by atoms with Crippen molar-refractivity contribution in [2.45, 2.75) is 24.2 Å². The molecule has 11 heteroatoms. The fraction of sp³-hybridized carbons (Fsp3) is 0.0816. The summed E-state index contributed by atoms with van der Waals surface area (Å²) in [5.74, 6) is 1.09. The molecule has 0 fully saturated rings. The van der Waals surface area contributed by atoms with Gasteiger partial charge in [-0.25, -0.2) is 4.98 Å². The third-order valence-electron chi connectivity index (χ3n) is 13.3. The zero-order valence-corrected chi connectivity index (χ0v) is 32.0. The summed E-state index contributed by atoms with van der Waals surface area (Å²) < 4.78 is 13.5. The van der Waals surface area contributed by atoms with Crippen LogP contribution < -0.4 is 32.2 Å². The molecule has 2 bridgehead atoms. The van der Waals surface area contributed by atoms with E-state index in [1.165, 1.54) is 22.3 Å². The van der Waals surface area contributed by atoms with E-state index in [-0.39, 0.29) is 44.6 Å². The van der Waals surface area contributed by atoms with Crippen LogP contribution in [0.1, 0.15) is 46.6 Å². The number of anilines is 3. The van der Waals surface area contributed by atoms with Gasteiger partial charge in [0.2, 0.25) is 5.95 Å². The fourth-order valence-electron chi connectivity index (χ4n) is 10.7. The van der Waals surface area contributed by atoms with E-state index in [1.54, 1.807) is 0 Å². The van der Waals surface area contributed by atoms with Crippen molar-refractivity contribution in [3.05, 3.63) is 149 Å². The van der Waals surface area contributed by atoms with E-state index in [0.717, 1.165) is 68.1 Å². The maximum atomic E-state index is 6.97. The standard InChI is InChI=1S/C49H25B5N4O2/c50-39-36(40(51)42(53)43(54)41(39)52)47-55-46(30-14-7-13-28-25-10-2-5-17-34(25)59-44(28)30)56-48(57-47)58-32-16-8-12-27-23-21-22-49(37(27)32,31-15-4-1-9-24(23)31)38-33(58)20-19-29-26-11-3-6-18-35(26)60-45(29)38/h1-20,23H,21-22H2.